The lowest BCUT2D eigenvalue weighted by Gasteiger charge is -2.28. The quantitative estimate of drug-likeness (QED) is 0.0947. The fourth-order valence-electron chi connectivity index (χ4n) is 2.27. The van der Waals surface area contributed by atoms with Crippen LogP contribution in [0.2, 0.25) is 12.6 Å². The zero-order valence-electron chi connectivity index (χ0n) is 21.9. The van der Waals surface area contributed by atoms with Crippen LogP contribution < -0.4 is 29.3 Å². The minimum absolute atomic E-state index is 0. The van der Waals surface area contributed by atoms with Crippen LogP contribution in [0.4, 0.5) is 0 Å². The molecule has 0 aliphatic rings. The average Bonchev–Trinajstić information content (AvgIpc) is 2.71. The fraction of sp³-hybridized carbons (Fsp3) is 0.944. The standard InChI is InChI=1S/C14H32N2O4Si.C4H12O3Si.HI.O2Si/c1-7-18-21(19-8-2,20-9-3)12-10-11-15-14(17)13-16(4,5)6;1-5-8(4,6-2)7-3;;1-3-2/h7-13H2,1-6H3;1-4H3;1H;. The number of hydrogen-bond donors (Lipinski definition) is 1. The summed E-state index contributed by atoms with van der Waals surface area (Å²) in [7, 11) is 4.58. The van der Waals surface area contributed by atoms with Gasteiger partial charge in [-0.15, -0.1) is 0 Å². The molecule has 0 aromatic rings. The lowest BCUT2D eigenvalue weighted by atomic mass is 10.4. The minimum atomic E-state index is -2.57. The van der Waals surface area contributed by atoms with Crippen LogP contribution in [0.1, 0.15) is 27.2 Å². The molecule has 0 unspecified atom stereocenters. The number of amides is 1. The van der Waals surface area contributed by atoms with Gasteiger partial charge in [0.2, 0.25) is 0 Å². The SMILES string of the molecule is CCO[Si](CCCNC(=O)C[N+](C)(C)C)(OCC)OCC.CO[Si](C)(OC)OC.O=[Si]=O.[I-]. The molecular weight excluding hydrogens is 599 g/mol. The summed E-state index contributed by atoms with van der Waals surface area (Å²) in [6.07, 6.45) is 0.801. The van der Waals surface area contributed by atoms with Crippen molar-refractivity contribution in [3.05, 3.63) is 0 Å². The molecule has 0 bridgehead atoms. The van der Waals surface area contributed by atoms with Gasteiger partial charge in [-0.1, -0.05) is 0 Å². The Labute approximate surface area is 221 Å². The second kappa shape index (κ2) is 23.9. The number of quaternary nitrogens is 1. The van der Waals surface area contributed by atoms with E-state index < -0.39 is 26.9 Å². The van der Waals surface area contributed by atoms with Crippen molar-refractivity contribution >= 4 is 32.8 Å². The molecule has 0 aromatic heterocycles. The van der Waals surface area contributed by atoms with E-state index in [-0.39, 0.29) is 29.9 Å². The second-order valence-corrected chi connectivity index (χ2v) is 13.3. The molecule has 0 aliphatic heterocycles. The summed E-state index contributed by atoms with van der Waals surface area (Å²) in [5.41, 5.74) is 0. The Morgan fingerprint density at radius 1 is 0.879 bits per heavy atom. The fourth-order valence-corrected chi connectivity index (χ4v) is 5.38. The van der Waals surface area contributed by atoms with E-state index in [9.17, 15) is 4.79 Å². The van der Waals surface area contributed by atoms with Gasteiger partial charge in [0.1, 0.15) is 0 Å². The van der Waals surface area contributed by atoms with Crippen LogP contribution in [0, 0.1) is 0 Å². The maximum absolute atomic E-state index is 11.8. The Kier molecular flexibility index (Phi) is 29.2. The largest absolute Gasteiger partial charge is 1.00 e. The van der Waals surface area contributed by atoms with Crippen molar-refractivity contribution in [1.29, 1.82) is 0 Å². The molecule has 200 valence electrons. The first kappa shape index (κ1) is 40.3. The molecule has 1 N–H and O–H groups in total. The predicted octanol–water partition coefficient (Wildman–Crippen LogP) is -1.87. The first-order valence-corrected chi connectivity index (χ1v) is 15.5. The molecule has 0 saturated carbocycles. The molecular formula is C18H45IN2O9Si3. The van der Waals surface area contributed by atoms with Gasteiger partial charge in [-0.25, -0.2) is 0 Å². The van der Waals surface area contributed by atoms with Gasteiger partial charge in [-0.3, -0.25) is 13.7 Å². The molecule has 0 atom stereocenters. The van der Waals surface area contributed by atoms with E-state index in [1.807, 2.05) is 48.5 Å². The van der Waals surface area contributed by atoms with E-state index >= 15 is 0 Å². The molecule has 15 heteroatoms. The number of rotatable bonds is 15. The van der Waals surface area contributed by atoms with Gasteiger partial charge >= 0.3 is 26.9 Å². The average molecular weight is 645 g/mol. The van der Waals surface area contributed by atoms with Crippen LogP contribution in [0.25, 0.3) is 0 Å². The maximum atomic E-state index is 11.8. The van der Waals surface area contributed by atoms with Crippen molar-refractivity contribution in [2.45, 2.75) is 39.8 Å². The van der Waals surface area contributed by atoms with Gasteiger partial charge in [0, 0.05) is 60.3 Å². The number of hydrogen-bond acceptors (Lipinski definition) is 9. The topological polar surface area (TPSA) is 119 Å². The van der Waals surface area contributed by atoms with E-state index in [2.05, 4.69) is 5.32 Å². The van der Waals surface area contributed by atoms with E-state index in [1.54, 1.807) is 21.3 Å². The van der Waals surface area contributed by atoms with Crippen LogP contribution in [-0.4, -0.2) is 113 Å². The van der Waals surface area contributed by atoms with Crippen molar-refractivity contribution in [2.75, 3.05) is 75.4 Å². The Balaban J connectivity index is -0.000000292. The van der Waals surface area contributed by atoms with Crippen LogP contribution in [0.15, 0.2) is 0 Å². The van der Waals surface area contributed by atoms with E-state index in [0.29, 0.717) is 37.4 Å². The molecule has 1 amide bonds. The molecule has 0 fully saturated rings. The molecule has 0 saturated heterocycles. The van der Waals surface area contributed by atoms with Crippen LogP contribution in [0.3, 0.4) is 0 Å². The van der Waals surface area contributed by atoms with Gasteiger partial charge in [0.15, 0.2) is 6.54 Å². The van der Waals surface area contributed by atoms with Crippen molar-refractivity contribution in [3.8, 4) is 0 Å². The number of halogens is 1. The Morgan fingerprint density at radius 2 is 1.24 bits per heavy atom. The van der Waals surface area contributed by atoms with Crippen LogP contribution >= 0.6 is 0 Å². The summed E-state index contributed by atoms with van der Waals surface area (Å²) in [5.74, 6) is 0.0685. The highest BCUT2D eigenvalue weighted by Crippen LogP contribution is 2.17. The lowest BCUT2D eigenvalue weighted by Crippen LogP contribution is -3.00. The van der Waals surface area contributed by atoms with Gasteiger partial charge in [0.25, 0.3) is 5.91 Å². The molecule has 0 heterocycles. The third-order valence-corrected chi connectivity index (χ3v) is 9.18. The van der Waals surface area contributed by atoms with Gasteiger partial charge < -0.3 is 60.3 Å². The number of nitrogens with one attached hydrogen (secondary N) is 1. The molecule has 11 nitrogen and oxygen atoms in total. The first-order chi connectivity index (χ1) is 14.9. The highest BCUT2D eigenvalue weighted by Gasteiger charge is 2.39. The third kappa shape index (κ3) is 25.1. The van der Waals surface area contributed by atoms with E-state index in [0.717, 1.165) is 12.5 Å². The van der Waals surface area contributed by atoms with Gasteiger partial charge in [-0.2, -0.15) is 0 Å². The Hall–Kier alpha value is 0.171. The second-order valence-electron chi connectivity index (χ2n) is 7.44. The smallest absolute Gasteiger partial charge is 0.549 e. The van der Waals surface area contributed by atoms with Crippen molar-refractivity contribution in [1.82, 2.24) is 5.32 Å². The first-order valence-electron chi connectivity index (χ1n) is 10.5. The molecule has 0 rings (SSSR count). The minimum Gasteiger partial charge on any atom is -1.00 e. The summed E-state index contributed by atoms with van der Waals surface area (Å²) in [5, 5.41) is 2.94. The molecule has 0 aliphatic carbocycles. The van der Waals surface area contributed by atoms with Gasteiger partial charge in [-0.05, 0) is 27.2 Å². The maximum Gasteiger partial charge on any atom is 0.549 e. The van der Waals surface area contributed by atoms with Crippen molar-refractivity contribution in [2.24, 2.45) is 0 Å². The monoisotopic (exact) mass is 644 g/mol. The molecule has 0 radical (unpaired) electrons. The summed E-state index contributed by atoms with van der Waals surface area (Å²) in [6, 6.07) is 0.729. The van der Waals surface area contributed by atoms with Crippen molar-refractivity contribution < 1.29 is 68.7 Å². The van der Waals surface area contributed by atoms with Crippen LogP contribution in [0.5, 0.6) is 0 Å². The highest BCUT2D eigenvalue weighted by molar-refractivity contribution is 6.60. The van der Waals surface area contributed by atoms with Gasteiger partial charge in [0.05, 0.1) is 21.1 Å². The number of likely N-dealkylation sites (N-methyl/N-ethyl adjacent to an activating group) is 1. The highest BCUT2D eigenvalue weighted by atomic mass is 127. The predicted molar refractivity (Wildman–Crippen MR) is 126 cm³/mol. The molecule has 33 heavy (non-hydrogen) atoms. The summed E-state index contributed by atoms with van der Waals surface area (Å²) >= 11 is 0. The Bertz CT molecular complexity index is 480. The zero-order chi connectivity index (χ0) is 25.7. The Morgan fingerprint density at radius 3 is 1.48 bits per heavy atom. The van der Waals surface area contributed by atoms with Crippen LogP contribution in [-0.2, 0) is 40.3 Å². The zero-order valence-corrected chi connectivity index (χ0v) is 27.1. The number of nitrogens with zero attached hydrogens (tertiary/aromatic N) is 1. The molecule has 0 aromatic carbocycles. The van der Waals surface area contributed by atoms with E-state index in [4.69, 9.17) is 35.5 Å². The molecule has 0 spiro atoms. The lowest BCUT2D eigenvalue weighted by molar-refractivity contribution is -0.862. The number of carbonyl (C=O) groups excluding carboxylic acids is 1. The summed E-state index contributed by atoms with van der Waals surface area (Å²) in [4.78, 5) is 11.8. The summed E-state index contributed by atoms with van der Waals surface area (Å²) in [6.45, 7) is 10.5. The normalized spacial score (nSPS) is 11.1. The van der Waals surface area contributed by atoms with Crippen molar-refractivity contribution in [3.63, 3.8) is 0 Å². The van der Waals surface area contributed by atoms with E-state index in [1.165, 1.54) is 0 Å². The summed E-state index contributed by atoms with van der Waals surface area (Å²) < 4.78 is 49.6. The number of carbonyl (C=O) groups is 1. The third-order valence-electron chi connectivity index (χ3n) is 3.80.